The van der Waals surface area contributed by atoms with E-state index in [1.54, 1.807) is 34.9 Å². The van der Waals surface area contributed by atoms with E-state index in [1.807, 2.05) is 18.2 Å². The zero-order valence-electron chi connectivity index (χ0n) is 9.68. The summed E-state index contributed by atoms with van der Waals surface area (Å²) in [5, 5.41) is 0.504. The lowest BCUT2D eigenvalue weighted by Crippen LogP contribution is -2.04. The minimum atomic E-state index is -0.0691. The van der Waals surface area contributed by atoms with Gasteiger partial charge in [-0.05, 0) is 28.1 Å². The molecule has 0 fully saturated rings. The topological polar surface area (TPSA) is 34.4 Å². The number of pyridine rings is 1. The first-order valence-electron chi connectivity index (χ1n) is 5.59. The predicted octanol–water partition coefficient (Wildman–Crippen LogP) is 3.98. The number of rotatable bonds is 2. The predicted molar refractivity (Wildman–Crippen MR) is 77.8 cm³/mol. The summed E-state index contributed by atoms with van der Waals surface area (Å²) in [6.45, 7) is 0. The largest absolute Gasteiger partial charge is 0.288 e. The second-order valence-electron chi connectivity index (χ2n) is 4.00. The fourth-order valence-electron chi connectivity index (χ4n) is 1.95. The number of carbonyl (C=O) groups excluding carboxylic acids is 1. The van der Waals surface area contributed by atoms with Gasteiger partial charge >= 0.3 is 0 Å². The van der Waals surface area contributed by atoms with Gasteiger partial charge in [0.05, 0.1) is 11.8 Å². The van der Waals surface area contributed by atoms with Crippen LogP contribution >= 0.6 is 27.5 Å². The zero-order chi connectivity index (χ0) is 13.4. The van der Waals surface area contributed by atoms with Crippen LogP contribution in [0.1, 0.15) is 15.9 Å². The van der Waals surface area contributed by atoms with E-state index < -0.39 is 0 Å². The van der Waals surface area contributed by atoms with Crippen molar-refractivity contribution < 1.29 is 4.79 Å². The molecule has 3 rings (SSSR count). The molecule has 0 aliphatic rings. The number of carbonyl (C=O) groups is 1. The molecule has 0 spiro atoms. The number of aromatic nitrogens is 2. The number of hydrogen-bond acceptors (Lipinski definition) is 2. The molecule has 0 saturated carbocycles. The molecule has 5 heteroatoms. The molecular formula is C14H8BrClN2O. The number of halogens is 2. The maximum absolute atomic E-state index is 12.5. The standard InChI is InChI=1S/C14H8BrClN2O/c15-11-8-17-14-10(6-7-12(16)18(11)14)13(19)9-4-2-1-3-5-9/h1-8H. The van der Waals surface area contributed by atoms with E-state index >= 15 is 0 Å². The van der Waals surface area contributed by atoms with Crippen molar-refractivity contribution in [3.8, 4) is 0 Å². The number of benzene rings is 1. The van der Waals surface area contributed by atoms with E-state index in [1.165, 1.54) is 0 Å². The van der Waals surface area contributed by atoms with Crippen LogP contribution in [0, 0.1) is 0 Å². The highest BCUT2D eigenvalue weighted by molar-refractivity contribution is 9.10. The first-order valence-corrected chi connectivity index (χ1v) is 6.77. The summed E-state index contributed by atoms with van der Waals surface area (Å²) in [7, 11) is 0. The molecule has 0 N–H and O–H groups in total. The zero-order valence-corrected chi connectivity index (χ0v) is 12.0. The van der Waals surface area contributed by atoms with E-state index in [2.05, 4.69) is 20.9 Å². The Kier molecular flexibility index (Phi) is 3.12. The SMILES string of the molecule is O=C(c1ccccc1)c1ccc(Cl)n2c(Br)cnc12. The number of nitrogens with zero attached hydrogens (tertiary/aromatic N) is 2. The molecule has 2 aromatic heterocycles. The lowest BCUT2D eigenvalue weighted by Gasteiger charge is -2.05. The highest BCUT2D eigenvalue weighted by Crippen LogP contribution is 2.24. The van der Waals surface area contributed by atoms with Gasteiger partial charge in [0.25, 0.3) is 0 Å². The number of hydrogen-bond donors (Lipinski definition) is 0. The van der Waals surface area contributed by atoms with Crippen molar-refractivity contribution in [2.75, 3.05) is 0 Å². The number of imidazole rings is 1. The Labute approximate surface area is 123 Å². The summed E-state index contributed by atoms with van der Waals surface area (Å²) in [6, 6.07) is 12.5. The fourth-order valence-corrected chi connectivity index (χ4v) is 2.75. The summed E-state index contributed by atoms with van der Waals surface area (Å²) < 4.78 is 2.41. The van der Waals surface area contributed by atoms with Crippen LogP contribution in [-0.4, -0.2) is 15.2 Å². The molecule has 0 amide bonds. The number of ketones is 1. The average molecular weight is 336 g/mol. The van der Waals surface area contributed by atoms with Gasteiger partial charge in [0.2, 0.25) is 0 Å². The summed E-state index contributed by atoms with van der Waals surface area (Å²) in [5.74, 6) is -0.0691. The molecule has 19 heavy (non-hydrogen) atoms. The minimum absolute atomic E-state index is 0.0691. The second-order valence-corrected chi connectivity index (χ2v) is 5.20. The number of fused-ring (bicyclic) bond motifs is 1. The average Bonchev–Trinajstić information content (AvgIpc) is 2.83. The van der Waals surface area contributed by atoms with Crippen molar-refractivity contribution in [1.29, 1.82) is 0 Å². The maximum atomic E-state index is 12.5. The Morgan fingerprint density at radius 3 is 2.63 bits per heavy atom. The molecule has 1 aromatic carbocycles. The first kappa shape index (κ1) is 12.4. The molecule has 0 aliphatic carbocycles. The van der Waals surface area contributed by atoms with Crippen molar-refractivity contribution in [2.24, 2.45) is 0 Å². The summed E-state index contributed by atoms with van der Waals surface area (Å²) >= 11 is 9.47. The molecular weight excluding hydrogens is 328 g/mol. The van der Waals surface area contributed by atoms with Gasteiger partial charge in [0, 0.05) is 5.56 Å². The van der Waals surface area contributed by atoms with Gasteiger partial charge in [-0.15, -0.1) is 0 Å². The molecule has 0 radical (unpaired) electrons. The third-order valence-electron chi connectivity index (χ3n) is 2.84. The van der Waals surface area contributed by atoms with Crippen molar-refractivity contribution in [3.05, 3.63) is 69.5 Å². The maximum Gasteiger partial charge on any atom is 0.196 e. The first-order chi connectivity index (χ1) is 9.18. The molecule has 3 aromatic rings. The van der Waals surface area contributed by atoms with Crippen molar-refractivity contribution in [3.63, 3.8) is 0 Å². The minimum Gasteiger partial charge on any atom is -0.288 e. The Morgan fingerprint density at radius 1 is 1.16 bits per heavy atom. The van der Waals surface area contributed by atoms with Crippen LogP contribution in [0.5, 0.6) is 0 Å². The molecule has 0 unspecified atom stereocenters. The van der Waals surface area contributed by atoms with Crippen LogP contribution in [0.3, 0.4) is 0 Å². The van der Waals surface area contributed by atoms with E-state index in [0.29, 0.717) is 21.9 Å². The molecule has 94 valence electrons. The van der Waals surface area contributed by atoms with Gasteiger partial charge in [-0.3, -0.25) is 9.20 Å². The molecule has 0 bridgehead atoms. The summed E-state index contributed by atoms with van der Waals surface area (Å²) in [4.78, 5) is 16.7. The highest BCUT2D eigenvalue weighted by Gasteiger charge is 2.16. The Bertz CT molecular complexity index is 768. The van der Waals surface area contributed by atoms with Gasteiger partial charge in [-0.2, -0.15) is 0 Å². The van der Waals surface area contributed by atoms with Crippen LogP contribution in [0.2, 0.25) is 5.15 Å². The van der Waals surface area contributed by atoms with Crippen molar-refractivity contribution >= 4 is 39.0 Å². The summed E-state index contributed by atoms with van der Waals surface area (Å²) in [5.41, 5.74) is 1.71. The van der Waals surface area contributed by atoms with Crippen LogP contribution < -0.4 is 0 Å². The highest BCUT2D eigenvalue weighted by atomic mass is 79.9. The fraction of sp³-hybridized carbons (Fsp3) is 0. The van der Waals surface area contributed by atoms with Gasteiger partial charge in [-0.1, -0.05) is 41.9 Å². The van der Waals surface area contributed by atoms with E-state index in [9.17, 15) is 4.79 Å². The Morgan fingerprint density at radius 2 is 1.89 bits per heavy atom. The third kappa shape index (κ3) is 2.07. The molecule has 0 atom stereocenters. The van der Waals surface area contributed by atoms with E-state index in [-0.39, 0.29) is 5.78 Å². The van der Waals surface area contributed by atoms with E-state index in [0.717, 1.165) is 4.60 Å². The smallest absolute Gasteiger partial charge is 0.196 e. The molecule has 0 aliphatic heterocycles. The Balaban J connectivity index is 2.22. The third-order valence-corrected chi connectivity index (χ3v) is 3.70. The van der Waals surface area contributed by atoms with Gasteiger partial charge in [0.1, 0.15) is 15.4 Å². The monoisotopic (exact) mass is 334 g/mol. The Hall–Kier alpha value is -1.65. The van der Waals surface area contributed by atoms with Gasteiger partial charge < -0.3 is 0 Å². The normalized spacial score (nSPS) is 10.8. The quantitative estimate of drug-likeness (QED) is 0.524. The molecule has 0 saturated heterocycles. The van der Waals surface area contributed by atoms with E-state index in [4.69, 9.17) is 11.6 Å². The van der Waals surface area contributed by atoms with Crippen LogP contribution in [0.25, 0.3) is 5.65 Å². The van der Waals surface area contributed by atoms with Crippen molar-refractivity contribution in [2.45, 2.75) is 0 Å². The van der Waals surface area contributed by atoms with Crippen LogP contribution in [0.4, 0.5) is 0 Å². The molecule has 2 heterocycles. The van der Waals surface area contributed by atoms with Crippen molar-refractivity contribution in [1.82, 2.24) is 9.38 Å². The van der Waals surface area contributed by atoms with Gasteiger partial charge in [0.15, 0.2) is 5.78 Å². The second kappa shape index (κ2) is 4.79. The summed E-state index contributed by atoms with van der Waals surface area (Å²) in [6.07, 6.45) is 1.63. The van der Waals surface area contributed by atoms with Gasteiger partial charge in [-0.25, -0.2) is 4.98 Å². The van der Waals surface area contributed by atoms with Crippen LogP contribution in [-0.2, 0) is 0 Å². The van der Waals surface area contributed by atoms with Crippen LogP contribution in [0.15, 0.2) is 53.3 Å². The lowest BCUT2D eigenvalue weighted by atomic mass is 10.0. The lowest BCUT2D eigenvalue weighted by molar-refractivity contribution is 0.104. The molecule has 3 nitrogen and oxygen atoms in total.